The maximum absolute atomic E-state index is 10.9. The van der Waals surface area contributed by atoms with Gasteiger partial charge in [-0.05, 0) is 30.7 Å². The van der Waals surface area contributed by atoms with Gasteiger partial charge in [-0.3, -0.25) is 0 Å². The lowest BCUT2D eigenvalue weighted by atomic mass is 10.0. The van der Waals surface area contributed by atoms with E-state index < -0.39 is 5.97 Å². The Morgan fingerprint density at radius 2 is 1.83 bits per heavy atom. The summed E-state index contributed by atoms with van der Waals surface area (Å²) in [6.07, 6.45) is 0. The number of methoxy groups -OCH3 is 1. The van der Waals surface area contributed by atoms with Gasteiger partial charge in [0.1, 0.15) is 11.6 Å². The van der Waals surface area contributed by atoms with E-state index in [1.165, 1.54) is 12.1 Å². The van der Waals surface area contributed by atoms with Crippen LogP contribution in [0.15, 0.2) is 48.5 Å². The number of aromatic nitrogens is 2. The van der Waals surface area contributed by atoms with E-state index in [9.17, 15) is 9.90 Å². The van der Waals surface area contributed by atoms with E-state index in [4.69, 9.17) is 10.5 Å². The Labute approximate surface area is 139 Å². The van der Waals surface area contributed by atoms with Gasteiger partial charge in [-0.2, -0.15) is 5.10 Å². The van der Waals surface area contributed by atoms with Crippen LogP contribution in [0.25, 0.3) is 16.8 Å². The van der Waals surface area contributed by atoms with Crippen molar-refractivity contribution in [3.63, 3.8) is 0 Å². The van der Waals surface area contributed by atoms with Gasteiger partial charge in [0.25, 0.3) is 0 Å². The molecule has 1 heterocycles. The average molecular weight is 322 g/mol. The average Bonchev–Trinajstić information content (AvgIpc) is 2.89. The summed E-state index contributed by atoms with van der Waals surface area (Å²) in [6, 6.07) is 13.8. The van der Waals surface area contributed by atoms with E-state index in [1.54, 1.807) is 23.9 Å². The van der Waals surface area contributed by atoms with Gasteiger partial charge in [-0.15, -0.1) is 0 Å². The van der Waals surface area contributed by atoms with Crippen LogP contribution in [0.4, 0.5) is 5.82 Å². The van der Waals surface area contributed by atoms with Gasteiger partial charge in [0.05, 0.1) is 30.0 Å². The highest BCUT2D eigenvalue weighted by atomic mass is 16.5. The number of carbonyl (C=O) groups is 1. The summed E-state index contributed by atoms with van der Waals surface area (Å²) in [4.78, 5) is 10.9. The van der Waals surface area contributed by atoms with Crippen molar-refractivity contribution in [2.45, 2.75) is 6.92 Å². The first-order chi connectivity index (χ1) is 11.5. The number of anilines is 1. The van der Waals surface area contributed by atoms with Crippen molar-refractivity contribution in [3.05, 3.63) is 59.8 Å². The third-order valence-electron chi connectivity index (χ3n) is 3.82. The van der Waals surface area contributed by atoms with E-state index in [0.717, 1.165) is 16.8 Å². The van der Waals surface area contributed by atoms with Crippen LogP contribution in [-0.2, 0) is 0 Å². The number of para-hydroxylation sites is 1. The molecule has 2 aromatic carbocycles. The number of aromatic carboxylic acids is 1. The minimum Gasteiger partial charge on any atom is -0.545 e. The molecule has 6 nitrogen and oxygen atoms in total. The first kappa shape index (κ1) is 15.6. The van der Waals surface area contributed by atoms with Gasteiger partial charge >= 0.3 is 0 Å². The highest BCUT2D eigenvalue weighted by molar-refractivity contribution is 5.86. The van der Waals surface area contributed by atoms with E-state index >= 15 is 0 Å². The summed E-state index contributed by atoms with van der Waals surface area (Å²) in [5.41, 5.74) is 9.47. The minimum absolute atomic E-state index is 0.103. The van der Waals surface area contributed by atoms with Crippen molar-refractivity contribution < 1.29 is 14.6 Å². The number of carbonyl (C=O) groups excluding carboxylic acids is 1. The monoisotopic (exact) mass is 322 g/mol. The molecule has 0 bridgehead atoms. The van der Waals surface area contributed by atoms with E-state index in [-0.39, 0.29) is 5.56 Å². The number of hydrogen-bond acceptors (Lipinski definition) is 5. The number of rotatable bonds is 4. The van der Waals surface area contributed by atoms with Crippen LogP contribution in [0, 0.1) is 6.92 Å². The van der Waals surface area contributed by atoms with Crippen LogP contribution in [0.3, 0.4) is 0 Å². The van der Waals surface area contributed by atoms with Gasteiger partial charge in [0.2, 0.25) is 0 Å². The number of nitrogens with two attached hydrogens (primary N) is 1. The van der Waals surface area contributed by atoms with Crippen molar-refractivity contribution in [2.24, 2.45) is 0 Å². The summed E-state index contributed by atoms with van der Waals surface area (Å²) < 4.78 is 6.98. The summed E-state index contributed by atoms with van der Waals surface area (Å²) in [6.45, 7) is 1.87. The largest absolute Gasteiger partial charge is 0.545 e. The zero-order valence-corrected chi connectivity index (χ0v) is 13.3. The third-order valence-corrected chi connectivity index (χ3v) is 3.82. The van der Waals surface area contributed by atoms with Crippen LogP contribution in [0.5, 0.6) is 5.75 Å². The maximum atomic E-state index is 10.9. The molecule has 0 aliphatic heterocycles. The van der Waals surface area contributed by atoms with Crippen LogP contribution < -0.4 is 15.6 Å². The molecule has 0 saturated carbocycles. The molecule has 0 spiro atoms. The Bertz CT molecular complexity index is 898. The summed E-state index contributed by atoms with van der Waals surface area (Å²) in [5.74, 6) is -0.0572. The second-order valence-electron chi connectivity index (χ2n) is 5.29. The molecular weight excluding hydrogens is 306 g/mol. The topological polar surface area (TPSA) is 93.2 Å². The summed E-state index contributed by atoms with van der Waals surface area (Å²) >= 11 is 0. The Morgan fingerprint density at radius 1 is 1.17 bits per heavy atom. The highest BCUT2D eigenvalue weighted by Crippen LogP contribution is 2.36. The standard InChI is InChI=1S/C18H17N3O3/c1-11-16(14-5-3-4-6-15(14)24-2)17(19)21(20-11)13-9-7-12(8-10-13)18(22)23/h3-10H,19H2,1-2H3,(H,22,23)/p-1. The first-order valence-electron chi connectivity index (χ1n) is 7.33. The van der Waals surface area contributed by atoms with Crippen molar-refractivity contribution in [1.82, 2.24) is 9.78 Å². The van der Waals surface area contributed by atoms with Gasteiger partial charge in [-0.25, -0.2) is 4.68 Å². The smallest absolute Gasteiger partial charge is 0.135 e. The van der Waals surface area contributed by atoms with Crippen LogP contribution >= 0.6 is 0 Å². The fourth-order valence-corrected chi connectivity index (χ4v) is 2.66. The molecule has 0 amide bonds. The van der Waals surface area contributed by atoms with E-state index in [0.29, 0.717) is 17.3 Å². The molecule has 24 heavy (non-hydrogen) atoms. The van der Waals surface area contributed by atoms with Crippen LogP contribution in [0.1, 0.15) is 16.1 Å². The van der Waals surface area contributed by atoms with E-state index in [1.807, 2.05) is 31.2 Å². The Kier molecular flexibility index (Phi) is 3.95. The highest BCUT2D eigenvalue weighted by Gasteiger charge is 2.18. The predicted octanol–water partition coefficient (Wildman–Crippen LogP) is 1.80. The number of hydrogen-bond donors (Lipinski definition) is 1. The summed E-state index contributed by atoms with van der Waals surface area (Å²) in [5, 5.41) is 15.3. The molecule has 122 valence electrons. The van der Waals surface area contributed by atoms with Gasteiger partial charge in [-0.1, -0.05) is 30.3 Å². The van der Waals surface area contributed by atoms with Crippen molar-refractivity contribution in [3.8, 4) is 22.6 Å². The Balaban J connectivity index is 2.11. The molecule has 1 aromatic heterocycles. The molecule has 2 N–H and O–H groups in total. The molecule has 6 heteroatoms. The molecule has 3 rings (SSSR count). The second kappa shape index (κ2) is 6.08. The number of aryl methyl sites for hydroxylation is 1. The number of carboxylic acid groups (broad SMARTS) is 1. The molecule has 0 aliphatic rings. The lowest BCUT2D eigenvalue weighted by Gasteiger charge is -2.09. The molecule has 0 atom stereocenters. The maximum Gasteiger partial charge on any atom is 0.135 e. The number of nitrogens with zero attached hydrogens (tertiary/aromatic N) is 2. The van der Waals surface area contributed by atoms with Crippen LogP contribution in [0.2, 0.25) is 0 Å². The quantitative estimate of drug-likeness (QED) is 0.790. The van der Waals surface area contributed by atoms with E-state index in [2.05, 4.69) is 5.10 Å². The predicted molar refractivity (Wildman–Crippen MR) is 89.0 cm³/mol. The Morgan fingerprint density at radius 3 is 2.46 bits per heavy atom. The van der Waals surface area contributed by atoms with Gasteiger partial charge < -0.3 is 20.4 Å². The molecule has 0 fully saturated rings. The minimum atomic E-state index is -1.22. The normalized spacial score (nSPS) is 10.6. The van der Waals surface area contributed by atoms with Crippen molar-refractivity contribution >= 4 is 11.8 Å². The van der Waals surface area contributed by atoms with Crippen molar-refractivity contribution in [2.75, 3.05) is 12.8 Å². The zero-order chi connectivity index (χ0) is 17.3. The SMILES string of the molecule is COc1ccccc1-c1c(C)nn(-c2ccc(C(=O)[O-])cc2)c1N. The molecule has 0 aliphatic carbocycles. The lowest BCUT2D eigenvalue weighted by molar-refractivity contribution is -0.255. The fourth-order valence-electron chi connectivity index (χ4n) is 2.66. The number of carboxylic acids is 1. The fraction of sp³-hybridized carbons (Fsp3) is 0.111. The second-order valence-corrected chi connectivity index (χ2v) is 5.29. The zero-order valence-electron chi connectivity index (χ0n) is 13.3. The molecule has 0 unspecified atom stereocenters. The van der Waals surface area contributed by atoms with Gasteiger partial charge in [0, 0.05) is 5.56 Å². The molecule has 0 radical (unpaired) electrons. The Hall–Kier alpha value is -3.28. The summed E-state index contributed by atoms with van der Waals surface area (Å²) in [7, 11) is 1.60. The molecule has 3 aromatic rings. The molecule has 0 saturated heterocycles. The lowest BCUT2D eigenvalue weighted by Crippen LogP contribution is -2.22. The third kappa shape index (κ3) is 2.58. The number of nitrogen functional groups attached to an aromatic ring is 1. The first-order valence-corrected chi connectivity index (χ1v) is 7.33. The van der Waals surface area contributed by atoms with Crippen LogP contribution in [-0.4, -0.2) is 22.9 Å². The number of benzene rings is 2. The number of ether oxygens (including phenoxy) is 1. The van der Waals surface area contributed by atoms with Crippen molar-refractivity contribution in [1.29, 1.82) is 0 Å². The van der Waals surface area contributed by atoms with Gasteiger partial charge in [0.15, 0.2) is 0 Å². The molecular formula is C18H16N3O3-.